The molecule has 1 aromatic carbocycles. The molecule has 0 aliphatic heterocycles. The molecule has 0 aromatic heterocycles. The highest BCUT2D eigenvalue weighted by Crippen LogP contribution is 2.12. The second-order valence-corrected chi connectivity index (χ2v) is 1.49. The molecule has 0 amide bonds. The fourth-order valence-corrected chi connectivity index (χ4v) is 0.509. The Morgan fingerprint density at radius 1 is 1.44 bits per heavy atom. The summed E-state index contributed by atoms with van der Waals surface area (Å²) in [6.45, 7) is 0. The van der Waals surface area contributed by atoms with Gasteiger partial charge < -0.3 is 4.74 Å². The van der Waals surface area contributed by atoms with E-state index in [2.05, 4.69) is 16.9 Å². The van der Waals surface area contributed by atoms with Gasteiger partial charge in [0.15, 0.2) is 11.6 Å². The third kappa shape index (κ3) is 1.19. The zero-order chi connectivity index (χ0) is 6.69. The van der Waals surface area contributed by atoms with E-state index < -0.39 is 5.82 Å². The minimum Gasteiger partial charge on any atom is -0.494 e. The van der Waals surface area contributed by atoms with Crippen molar-refractivity contribution in [1.82, 2.24) is 0 Å². The maximum atomic E-state index is 12.4. The largest absolute Gasteiger partial charge is 0.494 e. The van der Waals surface area contributed by atoms with E-state index in [0.717, 1.165) is 0 Å². The van der Waals surface area contributed by atoms with E-state index in [9.17, 15) is 4.39 Å². The molecule has 0 fully saturated rings. The lowest BCUT2D eigenvalue weighted by Gasteiger charge is -1.96. The summed E-state index contributed by atoms with van der Waals surface area (Å²) in [5.41, 5.74) is 0. The molecule has 0 heterocycles. The van der Waals surface area contributed by atoms with Gasteiger partial charge in [0.1, 0.15) is 0 Å². The number of hydrogen-bond acceptors (Lipinski definition) is 1. The Kier molecular flexibility index (Phi) is 1.68. The molecule has 1 rings (SSSR count). The van der Waals surface area contributed by atoms with Gasteiger partial charge in [-0.15, -0.1) is 0 Å². The van der Waals surface area contributed by atoms with Crippen molar-refractivity contribution in [3.63, 3.8) is 0 Å². The first-order valence-corrected chi connectivity index (χ1v) is 2.46. The van der Waals surface area contributed by atoms with E-state index in [1.165, 1.54) is 19.2 Å². The van der Waals surface area contributed by atoms with E-state index in [4.69, 9.17) is 0 Å². The average molecular weight is 124 g/mol. The molecule has 0 aliphatic carbocycles. The van der Waals surface area contributed by atoms with Crippen LogP contribution in [-0.2, 0) is 0 Å². The van der Waals surface area contributed by atoms with Gasteiger partial charge in [0, 0.05) is 0 Å². The van der Waals surface area contributed by atoms with Crippen molar-refractivity contribution in [2.45, 2.75) is 0 Å². The normalized spacial score (nSPS) is 9.11. The highest BCUT2D eigenvalue weighted by Gasteiger charge is 1.96. The standard InChI is InChI=1S/C7H5FO/c1-9-7-5-3-2-4-6(7)8/h4-5H,1H3. The van der Waals surface area contributed by atoms with Crippen molar-refractivity contribution in [1.29, 1.82) is 0 Å². The summed E-state index contributed by atoms with van der Waals surface area (Å²) < 4.78 is 17.0. The third-order valence-corrected chi connectivity index (χ3v) is 0.941. The predicted molar refractivity (Wildman–Crippen MR) is 30.6 cm³/mol. The van der Waals surface area contributed by atoms with E-state index in [0.29, 0.717) is 0 Å². The van der Waals surface area contributed by atoms with Crippen LogP contribution in [0.4, 0.5) is 4.39 Å². The molecule has 1 aromatic rings. The lowest BCUT2D eigenvalue weighted by molar-refractivity contribution is 0.386. The number of halogens is 1. The third-order valence-electron chi connectivity index (χ3n) is 0.941. The van der Waals surface area contributed by atoms with Crippen LogP contribution in [0.25, 0.3) is 0 Å². The van der Waals surface area contributed by atoms with Crippen molar-refractivity contribution in [2.24, 2.45) is 0 Å². The average Bonchev–Trinajstić information content (AvgIpc) is 1.89. The topological polar surface area (TPSA) is 9.23 Å². The Hall–Kier alpha value is -1.05. The van der Waals surface area contributed by atoms with Gasteiger partial charge in [-0.1, -0.05) is 0 Å². The van der Waals surface area contributed by atoms with Crippen molar-refractivity contribution in [2.75, 3.05) is 7.11 Å². The zero-order valence-electron chi connectivity index (χ0n) is 4.94. The van der Waals surface area contributed by atoms with Crippen LogP contribution < -0.4 is 4.74 Å². The molecule has 2 heteroatoms. The molecule has 1 nitrogen and oxygen atoms in total. The first kappa shape index (κ1) is 6.08. The van der Waals surface area contributed by atoms with E-state index >= 15 is 0 Å². The van der Waals surface area contributed by atoms with Gasteiger partial charge in [0.25, 0.3) is 0 Å². The summed E-state index contributed by atoms with van der Waals surface area (Å²) >= 11 is 0. The molecular formula is C7H5FO. The van der Waals surface area contributed by atoms with Crippen LogP contribution in [0.3, 0.4) is 0 Å². The number of methoxy groups -OCH3 is 1. The lowest BCUT2D eigenvalue weighted by Crippen LogP contribution is -1.85. The van der Waals surface area contributed by atoms with Gasteiger partial charge in [0.2, 0.25) is 0 Å². The molecule has 0 aliphatic rings. The zero-order valence-corrected chi connectivity index (χ0v) is 4.94. The summed E-state index contributed by atoms with van der Waals surface area (Å²) in [4.78, 5) is 0. The van der Waals surface area contributed by atoms with Crippen molar-refractivity contribution >= 4 is 0 Å². The van der Waals surface area contributed by atoms with Crippen molar-refractivity contribution in [3.05, 3.63) is 30.1 Å². The van der Waals surface area contributed by atoms with Crippen molar-refractivity contribution in [3.8, 4) is 5.75 Å². The maximum Gasteiger partial charge on any atom is 0.165 e. The SMILES string of the molecule is COc1c[c][c]cc1F. The highest BCUT2D eigenvalue weighted by atomic mass is 19.1. The van der Waals surface area contributed by atoms with Crippen LogP contribution in [0.15, 0.2) is 12.1 Å². The smallest absolute Gasteiger partial charge is 0.165 e. The first-order valence-electron chi connectivity index (χ1n) is 2.46. The molecule has 0 N–H and O–H groups in total. The Labute approximate surface area is 53.1 Å². The van der Waals surface area contributed by atoms with Crippen LogP contribution >= 0.6 is 0 Å². The van der Waals surface area contributed by atoms with Gasteiger partial charge in [-0.2, -0.15) is 0 Å². The van der Waals surface area contributed by atoms with Gasteiger partial charge in [-0.3, -0.25) is 0 Å². The van der Waals surface area contributed by atoms with Gasteiger partial charge in [-0.25, -0.2) is 4.39 Å². The monoisotopic (exact) mass is 124 g/mol. The Morgan fingerprint density at radius 3 is 2.56 bits per heavy atom. The molecule has 0 saturated carbocycles. The molecule has 0 spiro atoms. The number of ether oxygens (including phenoxy) is 1. The van der Waals surface area contributed by atoms with Gasteiger partial charge >= 0.3 is 0 Å². The lowest BCUT2D eigenvalue weighted by atomic mass is 10.3. The first-order chi connectivity index (χ1) is 4.34. The van der Waals surface area contributed by atoms with Crippen LogP contribution in [0.5, 0.6) is 5.75 Å². The summed E-state index contributed by atoms with van der Waals surface area (Å²) in [5.74, 6) is -0.204. The fourth-order valence-electron chi connectivity index (χ4n) is 0.509. The molecule has 0 bridgehead atoms. The summed E-state index contributed by atoms with van der Waals surface area (Å²) in [6, 6.07) is 7.60. The molecule has 0 saturated heterocycles. The molecular weight excluding hydrogens is 119 g/mol. The number of hydrogen-bond donors (Lipinski definition) is 0. The molecule has 0 unspecified atom stereocenters. The van der Waals surface area contributed by atoms with Gasteiger partial charge in [0.05, 0.1) is 7.11 Å². The minimum absolute atomic E-state index is 0.203. The van der Waals surface area contributed by atoms with Crippen LogP contribution in [0, 0.1) is 17.9 Å². The molecule has 0 atom stereocenters. The minimum atomic E-state index is -0.406. The number of rotatable bonds is 1. The Morgan fingerprint density at radius 2 is 2.11 bits per heavy atom. The molecule has 46 valence electrons. The van der Waals surface area contributed by atoms with Crippen LogP contribution in [-0.4, -0.2) is 7.11 Å². The second-order valence-electron chi connectivity index (χ2n) is 1.49. The van der Waals surface area contributed by atoms with Gasteiger partial charge in [-0.05, 0) is 24.3 Å². The highest BCUT2D eigenvalue weighted by molar-refractivity contribution is 5.21. The Balaban J connectivity index is 3.01. The van der Waals surface area contributed by atoms with E-state index in [-0.39, 0.29) is 5.75 Å². The quantitative estimate of drug-likeness (QED) is 0.550. The summed E-state index contributed by atoms with van der Waals surface area (Å²) in [7, 11) is 1.41. The molecule has 9 heavy (non-hydrogen) atoms. The summed E-state index contributed by atoms with van der Waals surface area (Å²) in [6.07, 6.45) is 0. The summed E-state index contributed by atoms with van der Waals surface area (Å²) in [5, 5.41) is 0. The van der Waals surface area contributed by atoms with Crippen LogP contribution in [0.2, 0.25) is 0 Å². The molecule has 2 radical (unpaired) electrons. The van der Waals surface area contributed by atoms with E-state index in [1.807, 2.05) is 0 Å². The second kappa shape index (κ2) is 2.49. The predicted octanol–water partition coefficient (Wildman–Crippen LogP) is 1.43. The Bertz CT molecular complexity index is 198. The maximum absolute atomic E-state index is 12.4. The van der Waals surface area contributed by atoms with E-state index in [1.54, 1.807) is 0 Å². The fraction of sp³-hybridized carbons (Fsp3) is 0.143. The number of benzene rings is 1. The van der Waals surface area contributed by atoms with Crippen molar-refractivity contribution < 1.29 is 9.13 Å². The van der Waals surface area contributed by atoms with Crippen LogP contribution in [0.1, 0.15) is 0 Å².